The molecule has 0 radical (unpaired) electrons. The minimum atomic E-state index is -0.359. The average Bonchev–Trinajstić information content (AvgIpc) is 2.58. The molecule has 7 heteroatoms. The number of hydrogen-bond donors (Lipinski definition) is 1. The predicted molar refractivity (Wildman–Crippen MR) is 94.3 cm³/mol. The van der Waals surface area contributed by atoms with Crippen LogP contribution in [0.2, 0.25) is 0 Å². The fourth-order valence-corrected chi connectivity index (χ4v) is 2.80. The first kappa shape index (κ1) is 18.8. The van der Waals surface area contributed by atoms with Gasteiger partial charge in [-0.25, -0.2) is 4.79 Å². The van der Waals surface area contributed by atoms with E-state index in [1.165, 1.54) is 0 Å². The Kier molecular flexibility index (Phi) is 6.38. The molecule has 0 aromatic heterocycles. The Morgan fingerprint density at radius 3 is 2.16 bits per heavy atom. The van der Waals surface area contributed by atoms with Gasteiger partial charge in [-0.15, -0.1) is 0 Å². The lowest BCUT2D eigenvalue weighted by molar-refractivity contribution is -0.135. The first-order valence-corrected chi connectivity index (χ1v) is 8.48. The summed E-state index contributed by atoms with van der Waals surface area (Å²) in [7, 11) is 0. The Hall–Kier alpha value is -2.57. The predicted octanol–water partition coefficient (Wildman–Crippen LogP) is 1.93. The number of carbonyl (C=O) groups excluding carboxylic acids is 3. The molecule has 0 unspecified atom stereocenters. The number of nitrogens with zero attached hydrogens (tertiary/aromatic N) is 2. The van der Waals surface area contributed by atoms with E-state index in [2.05, 4.69) is 5.32 Å². The maximum absolute atomic E-state index is 12.3. The molecule has 7 nitrogen and oxygen atoms in total. The van der Waals surface area contributed by atoms with Gasteiger partial charge >= 0.3 is 6.09 Å². The van der Waals surface area contributed by atoms with Crippen LogP contribution in [0.25, 0.3) is 0 Å². The molecule has 136 valence electrons. The van der Waals surface area contributed by atoms with E-state index < -0.39 is 0 Å². The van der Waals surface area contributed by atoms with Crippen LogP contribution in [0.3, 0.4) is 0 Å². The Bertz CT molecular complexity index is 631. The van der Waals surface area contributed by atoms with Gasteiger partial charge < -0.3 is 19.9 Å². The highest BCUT2D eigenvalue weighted by Gasteiger charge is 2.26. The summed E-state index contributed by atoms with van der Waals surface area (Å²) in [6, 6.07) is 5.76. The minimum absolute atomic E-state index is 0.201. The van der Waals surface area contributed by atoms with Crippen molar-refractivity contribution in [2.24, 2.45) is 0 Å². The smallest absolute Gasteiger partial charge is 0.409 e. The summed E-state index contributed by atoms with van der Waals surface area (Å²) in [5.74, 6) is -0.553. The molecule has 25 heavy (non-hydrogen) atoms. The number of benzene rings is 1. The van der Waals surface area contributed by atoms with Crippen molar-refractivity contribution in [3.8, 4) is 0 Å². The molecule has 0 spiro atoms. The zero-order chi connectivity index (χ0) is 18.4. The molecule has 1 aromatic carbocycles. The molecule has 0 bridgehead atoms. The van der Waals surface area contributed by atoms with Crippen molar-refractivity contribution in [2.75, 3.05) is 38.1 Å². The lowest BCUT2D eigenvalue weighted by atomic mass is 10.1. The molecule has 1 aliphatic heterocycles. The van der Waals surface area contributed by atoms with Crippen molar-refractivity contribution in [3.63, 3.8) is 0 Å². The molecule has 1 fully saturated rings. The molecule has 1 aromatic rings. The molecular weight excluding hydrogens is 322 g/mol. The fourth-order valence-electron chi connectivity index (χ4n) is 2.80. The number of anilines is 1. The van der Waals surface area contributed by atoms with E-state index in [1.54, 1.807) is 16.7 Å². The number of nitrogens with one attached hydrogen (secondary N) is 1. The number of piperazine rings is 1. The Labute approximate surface area is 147 Å². The third-order valence-corrected chi connectivity index (χ3v) is 4.22. The Balaban J connectivity index is 1.84. The Morgan fingerprint density at radius 1 is 1.04 bits per heavy atom. The summed E-state index contributed by atoms with van der Waals surface area (Å²) in [6.45, 7) is 7.58. The van der Waals surface area contributed by atoms with E-state index >= 15 is 0 Å². The van der Waals surface area contributed by atoms with Crippen LogP contribution in [-0.4, -0.2) is 60.5 Å². The van der Waals surface area contributed by atoms with Gasteiger partial charge in [0, 0.05) is 31.9 Å². The van der Waals surface area contributed by atoms with E-state index in [-0.39, 0.29) is 24.3 Å². The van der Waals surface area contributed by atoms with Gasteiger partial charge in [0.15, 0.2) is 0 Å². The van der Waals surface area contributed by atoms with E-state index in [4.69, 9.17) is 4.74 Å². The first-order valence-electron chi connectivity index (χ1n) is 8.48. The van der Waals surface area contributed by atoms with Crippen LogP contribution in [0.1, 0.15) is 24.5 Å². The average molecular weight is 347 g/mol. The first-order chi connectivity index (χ1) is 11.9. The third kappa shape index (κ3) is 4.95. The topological polar surface area (TPSA) is 79.0 Å². The summed E-state index contributed by atoms with van der Waals surface area (Å²) in [6.07, 6.45) is -0.560. The lowest BCUT2D eigenvalue weighted by Crippen LogP contribution is -2.51. The highest BCUT2D eigenvalue weighted by molar-refractivity contribution is 6.04. The molecule has 0 saturated carbocycles. The summed E-state index contributed by atoms with van der Waals surface area (Å²) in [4.78, 5) is 39.3. The van der Waals surface area contributed by atoms with Gasteiger partial charge in [0.1, 0.15) is 6.42 Å². The number of amides is 3. The van der Waals surface area contributed by atoms with E-state index in [9.17, 15) is 14.4 Å². The number of carbonyl (C=O) groups is 3. The largest absolute Gasteiger partial charge is 0.450 e. The van der Waals surface area contributed by atoms with Crippen LogP contribution < -0.4 is 5.32 Å². The molecule has 3 amide bonds. The van der Waals surface area contributed by atoms with Crippen LogP contribution in [0, 0.1) is 13.8 Å². The second kappa shape index (κ2) is 8.50. The lowest BCUT2D eigenvalue weighted by Gasteiger charge is -2.34. The van der Waals surface area contributed by atoms with Gasteiger partial charge in [-0.1, -0.05) is 18.2 Å². The van der Waals surface area contributed by atoms with Gasteiger partial charge in [-0.2, -0.15) is 0 Å². The zero-order valence-corrected chi connectivity index (χ0v) is 15.0. The number of para-hydroxylation sites is 1. The normalized spacial score (nSPS) is 14.2. The molecule has 0 aliphatic carbocycles. The van der Waals surface area contributed by atoms with Crippen molar-refractivity contribution in [3.05, 3.63) is 29.3 Å². The Morgan fingerprint density at radius 2 is 1.60 bits per heavy atom. The van der Waals surface area contributed by atoms with Crippen LogP contribution in [-0.2, 0) is 14.3 Å². The molecule has 1 aliphatic rings. The molecular formula is C18H25N3O4. The molecule has 1 heterocycles. The van der Waals surface area contributed by atoms with Crippen LogP contribution in [0.4, 0.5) is 10.5 Å². The van der Waals surface area contributed by atoms with Crippen molar-refractivity contribution in [2.45, 2.75) is 27.2 Å². The maximum atomic E-state index is 12.3. The standard InChI is InChI=1S/C18H25N3O4/c1-4-25-18(24)21-10-8-20(9-11-21)16(23)12-15(22)19-17-13(2)6-5-7-14(17)3/h5-7H,4,8-12H2,1-3H3,(H,19,22). The second-order valence-corrected chi connectivity index (χ2v) is 6.06. The van der Waals surface area contributed by atoms with Crippen LogP contribution >= 0.6 is 0 Å². The van der Waals surface area contributed by atoms with E-state index in [1.807, 2.05) is 32.0 Å². The van der Waals surface area contributed by atoms with Crippen molar-refractivity contribution < 1.29 is 19.1 Å². The second-order valence-electron chi connectivity index (χ2n) is 6.06. The molecule has 1 N–H and O–H groups in total. The van der Waals surface area contributed by atoms with Gasteiger partial charge in [-0.3, -0.25) is 9.59 Å². The number of aryl methyl sites for hydroxylation is 2. The number of ether oxygens (including phenoxy) is 1. The molecule has 0 atom stereocenters. The van der Waals surface area contributed by atoms with Gasteiger partial charge in [0.25, 0.3) is 0 Å². The van der Waals surface area contributed by atoms with Gasteiger partial charge in [0.2, 0.25) is 11.8 Å². The summed E-state index contributed by atoms with van der Waals surface area (Å²) in [5.41, 5.74) is 2.68. The monoisotopic (exact) mass is 347 g/mol. The zero-order valence-electron chi connectivity index (χ0n) is 15.0. The molecule has 1 saturated heterocycles. The number of rotatable bonds is 4. The minimum Gasteiger partial charge on any atom is -0.450 e. The van der Waals surface area contributed by atoms with E-state index in [0.717, 1.165) is 16.8 Å². The summed E-state index contributed by atoms with van der Waals surface area (Å²) < 4.78 is 4.95. The van der Waals surface area contributed by atoms with Crippen LogP contribution in [0.5, 0.6) is 0 Å². The van der Waals surface area contributed by atoms with Crippen molar-refractivity contribution in [1.82, 2.24) is 9.80 Å². The van der Waals surface area contributed by atoms with E-state index in [0.29, 0.717) is 32.8 Å². The van der Waals surface area contributed by atoms with Crippen LogP contribution in [0.15, 0.2) is 18.2 Å². The number of hydrogen-bond acceptors (Lipinski definition) is 4. The van der Waals surface area contributed by atoms with Gasteiger partial charge in [-0.05, 0) is 31.9 Å². The summed E-state index contributed by atoms with van der Waals surface area (Å²) in [5, 5.41) is 2.82. The quantitative estimate of drug-likeness (QED) is 0.844. The highest BCUT2D eigenvalue weighted by atomic mass is 16.6. The highest BCUT2D eigenvalue weighted by Crippen LogP contribution is 2.19. The van der Waals surface area contributed by atoms with Crippen molar-refractivity contribution >= 4 is 23.6 Å². The van der Waals surface area contributed by atoms with Gasteiger partial charge in [0.05, 0.1) is 6.61 Å². The third-order valence-electron chi connectivity index (χ3n) is 4.22. The summed E-state index contributed by atoms with van der Waals surface area (Å²) >= 11 is 0. The fraction of sp³-hybridized carbons (Fsp3) is 0.500. The maximum Gasteiger partial charge on any atom is 0.409 e. The molecule has 2 rings (SSSR count). The van der Waals surface area contributed by atoms with Crippen molar-refractivity contribution in [1.29, 1.82) is 0 Å². The SMILES string of the molecule is CCOC(=O)N1CCN(C(=O)CC(=O)Nc2c(C)cccc2C)CC1.